The molecule has 0 saturated carbocycles. The van der Waals surface area contributed by atoms with Gasteiger partial charge in [-0.15, -0.1) is 11.3 Å². The van der Waals surface area contributed by atoms with Gasteiger partial charge in [0, 0.05) is 27.2 Å². The van der Waals surface area contributed by atoms with Crippen molar-refractivity contribution in [3.63, 3.8) is 0 Å². The third kappa shape index (κ3) is 3.32. The summed E-state index contributed by atoms with van der Waals surface area (Å²) < 4.78 is 6.35. The van der Waals surface area contributed by atoms with Crippen molar-refractivity contribution in [2.45, 2.75) is 25.1 Å². The van der Waals surface area contributed by atoms with Crippen LogP contribution in [-0.4, -0.2) is 43.7 Å². The molecule has 0 spiro atoms. The Bertz CT molecular complexity index is 424. The summed E-state index contributed by atoms with van der Waals surface area (Å²) in [4.78, 5) is 14.0. The standard InChI is InChI=1S/C12H17BrN2O2S/c1-15(6-8-3-11(13)18-7-8)12(16)10-4-9(17-2)5-14-10/h3,7,9-10,14H,4-6H2,1-2H3. The SMILES string of the molecule is COC1CNC(C(=O)N(C)Cc2csc(Br)c2)C1. The van der Waals surface area contributed by atoms with E-state index in [2.05, 4.69) is 32.7 Å². The molecule has 0 aliphatic carbocycles. The van der Waals surface area contributed by atoms with E-state index in [-0.39, 0.29) is 18.1 Å². The highest BCUT2D eigenvalue weighted by atomic mass is 79.9. The van der Waals surface area contributed by atoms with Crippen LogP contribution >= 0.6 is 27.3 Å². The number of thiophene rings is 1. The lowest BCUT2D eigenvalue weighted by atomic mass is 10.1. The zero-order chi connectivity index (χ0) is 13.1. The predicted octanol–water partition coefficient (Wildman–Crippen LogP) is 1.85. The Balaban J connectivity index is 1.89. The number of likely N-dealkylation sites (N-methyl/N-ethyl adjacent to an activating group) is 1. The second-order valence-electron chi connectivity index (χ2n) is 4.51. The molecule has 1 aliphatic heterocycles. The smallest absolute Gasteiger partial charge is 0.239 e. The Morgan fingerprint density at radius 2 is 2.50 bits per heavy atom. The first-order valence-corrected chi connectivity index (χ1v) is 7.51. The van der Waals surface area contributed by atoms with Gasteiger partial charge in [0.1, 0.15) is 0 Å². The number of hydrogen-bond acceptors (Lipinski definition) is 4. The van der Waals surface area contributed by atoms with Crippen LogP contribution in [0.1, 0.15) is 12.0 Å². The number of rotatable bonds is 4. The van der Waals surface area contributed by atoms with Gasteiger partial charge in [0.25, 0.3) is 0 Å². The quantitative estimate of drug-likeness (QED) is 0.914. The molecular weight excluding hydrogens is 316 g/mol. The molecule has 4 nitrogen and oxygen atoms in total. The van der Waals surface area contributed by atoms with Crippen LogP contribution in [0.3, 0.4) is 0 Å². The Morgan fingerprint density at radius 1 is 1.72 bits per heavy atom. The highest BCUT2D eigenvalue weighted by molar-refractivity contribution is 9.11. The van der Waals surface area contributed by atoms with Crippen LogP contribution in [0, 0.1) is 0 Å². The normalized spacial score (nSPS) is 23.3. The van der Waals surface area contributed by atoms with E-state index in [4.69, 9.17) is 4.74 Å². The number of carbonyl (C=O) groups is 1. The topological polar surface area (TPSA) is 41.6 Å². The number of ether oxygens (including phenoxy) is 1. The van der Waals surface area contributed by atoms with Crippen LogP contribution in [0.4, 0.5) is 0 Å². The Hall–Kier alpha value is -0.430. The Morgan fingerprint density at radius 3 is 3.06 bits per heavy atom. The van der Waals surface area contributed by atoms with Gasteiger partial charge in [-0.1, -0.05) is 0 Å². The first-order chi connectivity index (χ1) is 8.60. The zero-order valence-electron chi connectivity index (χ0n) is 10.5. The fourth-order valence-corrected chi connectivity index (χ4v) is 3.32. The first-order valence-electron chi connectivity index (χ1n) is 5.84. The van der Waals surface area contributed by atoms with Crippen LogP contribution in [0.25, 0.3) is 0 Å². The molecule has 6 heteroatoms. The van der Waals surface area contributed by atoms with Gasteiger partial charge in [-0.2, -0.15) is 0 Å². The van der Waals surface area contributed by atoms with Gasteiger partial charge in [0.05, 0.1) is 15.9 Å². The minimum atomic E-state index is -0.109. The maximum Gasteiger partial charge on any atom is 0.239 e. The first kappa shape index (κ1) is 14.0. The second-order valence-corrected chi connectivity index (χ2v) is 6.80. The molecule has 1 saturated heterocycles. The van der Waals surface area contributed by atoms with Crippen molar-refractivity contribution in [3.8, 4) is 0 Å². The van der Waals surface area contributed by atoms with Crippen molar-refractivity contribution >= 4 is 33.2 Å². The largest absolute Gasteiger partial charge is 0.380 e. The molecule has 1 aromatic heterocycles. The van der Waals surface area contributed by atoms with E-state index in [1.54, 1.807) is 23.3 Å². The molecule has 2 unspecified atom stereocenters. The molecule has 100 valence electrons. The zero-order valence-corrected chi connectivity index (χ0v) is 12.9. The van der Waals surface area contributed by atoms with Crippen molar-refractivity contribution in [2.75, 3.05) is 20.7 Å². The van der Waals surface area contributed by atoms with E-state index in [0.717, 1.165) is 22.3 Å². The third-order valence-corrected chi connectivity index (χ3v) is 4.69. The second kappa shape index (κ2) is 6.14. The number of halogens is 1. The molecule has 1 amide bonds. The highest BCUT2D eigenvalue weighted by Gasteiger charge is 2.31. The monoisotopic (exact) mass is 332 g/mol. The lowest BCUT2D eigenvalue weighted by molar-refractivity contribution is -0.132. The van der Waals surface area contributed by atoms with Crippen LogP contribution in [0.15, 0.2) is 15.2 Å². The van der Waals surface area contributed by atoms with Gasteiger partial charge in [-0.3, -0.25) is 4.79 Å². The minimum absolute atomic E-state index is 0.109. The molecule has 2 rings (SSSR count). The summed E-state index contributed by atoms with van der Waals surface area (Å²) in [6.07, 6.45) is 0.912. The van der Waals surface area contributed by atoms with Crippen LogP contribution in [0.5, 0.6) is 0 Å². The van der Waals surface area contributed by atoms with Crippen molar-refractivity contribution in [2.24, 2.45) is 0 Å². The Labute approximate surface area is 119 Å². The number of amides is 1. The number of methoxy groups -OCH3 is 1. The van der Waals surface area contributed by atoms with E-state index >= 15 is 0 Å². The van der Waals surface area contributed by atoms with E-state index in [1.165, 1.54) is 0 Å². The molecule has 0 bridgehead atoms. The molecular formula is C12H17BrN2O2S. The molecule has 1 fully saturated rings. The van der Waals surface area contributed by atoms with Crippen LogP contribution in [-0.2, 0) is 16.1 Å². The fraction of sp³-hybridized carbons (Fsp3) is 0.583. The average molecular weight is 333 g/mol. The summed E-state index contributed by atoms with van der Waals surface area (Å²) in [6.45, 7) is 1.40. The third-order valence-electron chi connectivity index (χ3n) is 3.14. The van der Waals surface area contributed by atoms with Crippen LogP contribution in [0.2, 0.25) is 0 Å². The van der Waals surface area contributed by atoms with Gasteiger partial charge >= 0.3 is 0 Å². The summed E-state index contributed by atoms with van der Waals surface area (Å²) >= 11 is 5.07. The van der Waals surface area contributed by atoms with Crippen molar-refractivity contribution < 1.29 is 9.53 Å². The summed E-state index contributed by atoms with van der Waals surface area (Å²) in [5.74, 6) is 0.136. The predicted molar refractivity (Wildman–Crippen MR) is 75.7 cm³/mol. The van der Waals surface area contributed by atoms with E-state index < -0.39 is 0 Å². The molecule has 1 N–H and O–H groups in total. The maximum atomic E-state index is 12.2. The van der Waals surface area contributed by atoms with Gasteiger partial charge in [-0.25, -0.2) is 0 Å². The molecule has 2 heterocycles. The number of carbonyl (C=O) groups excluding carboxylic acids is 1. The Kier molecular flexibility index (Phi) is 4.77. The van der Waals surface area contributed by atoms with E-state index in [9.17, 15) is 4.79 Å². The molecule has 1 aliphatic rings. The van der Waals surface area contributed by atoms with Crippen molar-refractivity contribution in [1.29, 1.82) is 0 Å². The number of hydrogen-bond donors (Lipinski definition) is 1. The number of nitrogens with one attached hydrogen (secondary N) is 1. The molecule has 0 aromatic carbocycles. The number of nitrogens with zero attached hydrogens (tertiary/aromatic N) is 1. The van der Waals surface area contributed by atoms with Crippen molar-refractivity contribution in [1.82, 2.24) is 10.2 Å². The lowest BCUT2D eigenvalue weighted by Crippen LogP contribution is -2.41. The summed E-state index contributed by atoms with van der Waals surface area (Å²) in [6, 6.07) is 1.94. The average Bonchev–Trinajstić information content (AvgIpc) is 2.97. The molecule has 1 aromatic rings. The fourth-order valence-electron chi connectivity index (χ4n) is 2.12. The van der Waals surface area contributed by atoms with E-state index in [1.807, 2.05) is 7.05 Å². The molecule has 2 atom stereocenters. The van der Waals surface area contributed by atoms with Gasteiger partial charge < -0.3 is 15.0 Å². The maximum absolute atomic E-state index is 12.2. The molecule has 18 heavy (non-hydrogen) atoms. The highest BCUT2D eigenvalue weighted by Crippen LogP contribution is 2.22. The van der Waals surface area contributed by atoms with Crippen LogP contribution < -0.4 is 5.32 Å². The van der Waals surface area contributed by atoms with Gasteiger partial charge in [-0.05, 0) is 39.4 Å². The van der Waals surface area contributed by atoms with E-state index in [0.29, 0.717) is 6.54 Å². The summed E-state index contributed by atoms with van der Waals surface area (Å²) in [5, 5.41) is 5.27. The van der Waals surface area contributed by atoms with Crippen molar-refractivity contribution in [3.05, 3.63) is 20.8 Å². The van der Waals surface area contributed by atoms with Gasteiger partial charge in [0.15, 0.2) is 0 Å². The van der Waals surface area contributed by atoms with Gasteiger partial charge in [0.2, 0.25) is 5.91 Å². The summed E-state index contributed by atoms with van der Waals surface area (Å²) in [5.41, 5.74) is 1.16. The minimum Gasteiger partial charge on any atom is -0.380 e. The summed E-state index contributed by atoms with van der Waals surface area (Å²) in [7, 11) is 3.53. The lowest BCUT2D eigenvalue weighted by Gasteiger charge is -2.20. The molecule has 0 radical (unpaired) electrons.